The topological polar surface area (TPSA) is 32.3 Å². The molecule has 0 spiro atoms. The van der Waals surface area contributed by atoms with E-state index in [1.807, 2.05) is 6.92 Å². The SMILES string of the molecule is CCCNC1CCCN(c2ccc(C(F)(F)F)cc2)C1=O. The molecule has 1 fully saturated rings. The lowest BCUT2D eigenvalue weighted by Crippen LogP contribution is -2.51. The summed E-state index contributed by atoms with van der Waals surface area (Å²) in [6.45, 7) is 3.33. The van der Waals surface area contributed by atoms with Gasteiger partial charge < -0.3 is 10.2 Å². The highest BCUT2D eigenvalue weighted by Gasteiger charge is 2.32. The van der Waals surface area contributed by atoms with E-state index in [1.54, 1.807) is 4.90 Å². The molecular formula is C15H19F3N2O. The monoisotopic (exact) mass is 300 g/mol. The minimum Gasteiger partial charge on any atom is -0.311 e. The summed E-state index contributed by atoms with van der Waals surface area (Å²) in [6.07, 6.45) is -1.80. The van der Waals surface area contributed by atoms with Crippen molar-refractivity contribution in [2.75, 3.05) is 18.0 Å². The third kappa shape index (κ3) is 3.75. The Hall–Kier alpha value is -1.56. The number of carbonyl (C=O) groups is 1. The van der Waals surface area contributed by atoms with Gasteiger partial charge in [0.15, 0.2) is 0 Å². The van der Waals surface area contributed by atoms with E-state index in [0.717, 1.165) is 37.9 Å². The number of nitrogens with zero attached hydrogens (tertiary/aromatic N) is 1. The van der Waals surface area contributed by atoms with Gasteiger partial charge in [-0.25, -0.2) is 0 Å². The fourth-order valence-electron chi connectivity index (χ4n) is 2.47. The van der Waals surface area contributed by atoms with Gasteiger partial charge in [0.1, 0.15) is 0 Å². The molecule has 0 bridgehead atoms. The first-order valence-corrected chi connectivity index (χ1v) is 7.15. The summed E-state index contributed by atoms with van der Waals surface area (Å²) in [5.74, 6) is -0.0607. The standard InChI is InChI=1S/C15H19F3N2O/c1-2-9-19-13-4-3-10-20(14(13)21)12-7-5-11(6-8-12)15(16,17)18/h5-8,13,19H,2-4,9-10H2,1H3. The molecule has 1 aliphatic rings. The van der Waals surface area contributed by atoms with Crippen LogP contribution in [-0.2, 0) is 11.0 Å². The second-order valence-electron chi connectivity index (χ2n) is 5.18. The summed E-state index contributed by atoms with van der Waals surface area (Å²) in [5.41, 5.74) is -0.174. The highest BCUT2D eigenvalue weighted by atomic mass is 19.4. The summed E-state index contributed by atoms with van der Waals surface area (Å²) in [5, 5.41) is 3.19. The van der Waals surface area contributed by atoms with E-state index in [2.05, 4.69) is 5.32 Å². The van der Waals surface area contributed by atoms with E-state index in [-0.39, 0.29) is 11.9 Å². The summed E-state index contributed by atoms with van der Waals surface area (Å²) in [6, 6.07) is 4.53. The van der Waals surface area contributed by atoms with Gasteiger partial charge in [-0.3, -0.25) is 4.79 Å². The zero-order chi connectivity index (χ0) is 15.5. The molecule has 1 unspecified atom stereocenters. The van der Waals surface area contributed by atoms with E-state index in [9.17, 15) is 18.0 Å². The molecule has 0 radical (unpaired) electrons. The Labute approximate surface area is 122 Å². The van der Waals surface area contributed by atoms with Crippen LogP contribution in [0, 0.1) is 0 Å². The number of halogens is 3. The highest BCUT2D eigenvalue weighted by Crippen LogP contribution is 2.31. The third-order valence-corrected chi connectivity index (χ3v) is 3.59. The maximum Gasteiger partial charge on any atom is 0.416 e. The molecule has 1 atom stereocenters. The number of hydrogen-bond acceptors (Lipinski definition) is 2. The summed E-state index contributed by atoms with van der Waals surface area (Å²) in [4.78, 5) is 13.9. The highest BCUT2D eigenvalue weighted by molar-refractivity contribution is 5.97. The van der Waals surface area contributed by atoms with Crippen LogP contribution >= 0.6 is 0 Å². The van der Waals surface area contributed by atoms with Crippen LogP contribution in [0.4, 0.5) is 18.9 Å². The second-order valence-corrected chi connectivity index (χ2v) is 5.18. The largest absolute Gasteiger partial charge is 0.416 e. The first-order chi connectivity index (χ1) is 9.93. The first kappa shape index (κ1) is 15.8. The molecule has 1 saturated heterocycles. The van der Waals surface area contributed by atoms with Gasteiger partial charge in [0.2, 0.25) is 5.91 Å². The summed E-state index contributed by atoms with van der Waals surface area (Å²) in [7, 11) is 0. The quantitative estimate of drug-likeness (QED) is 0.926. The van der Waals surface area contributed by atoms with Crippen molar-refractivity contribution >= 4 is 11.6 Å². The lowest BCUT2D eigenvalue weighted by Gasteiger charge is -2.33. The van der Waals surface area contributed by atoms with Crippen molar-refractivity contribution in [3.63, 3.8) is 0 Å². The lowest BCUT2D eigenvalue weighted by molar-refractivity contribution is -0.137. The Morgan fingerprint density at radius 1 is 1.29 bits per heavy atom. The molecule has 116 valence electrons. The average Bonchev–Trinajstić information content (AvgIpc) is 2.45. The van der Waals surface area contributed by atoms with Crippen molar-refractivity contribution in [2.24, 2.45) is 0 Å². The van der Waals surface area contributed by atoms with E-state index >= 15 is 0 Å². The van der Waals surface area contributed by atoms with Gasteiger partial charge in [0, 0.05) is 12.2 Å². The Kier molecular flexibility index (Phi) is 4.88. The molecule has 1 amide bonds. The normalized spacial score (nSPS) is 19.9. The summed E-state index contributed by atoms with van der Waals surface area (Å²) < 4.78 is 37.6. The molecule has 1 N–H and O–H groups in total. The molecule has 0 saturated carbocycles. The second kappa shape index (κ2) is 6.47. The van der Waals surface area contributed by atoms with Crippen molar-refractivity contribution < 1.29 is 18.0 Å². The molecule has 1 heterocycles. The van der Waals surface area contributed by atoms with Crippen molar-refractivity contribution in [1.29, 1.82) is 0 Å². The maximum atomic E-state index is 12.5. The number of amides is 1. The molecule has 2 rings (SSSR count). The van der Waals surface area contributed by atoms with Crippen molar-refractivity contribution in [3.05, 3.63) is 29.8 Å². The number of nitrogens with one attached hydrogen (secondary N) is 1. The van der Waals surface area contributed by atoms with Crippen LogP contribution in [0.1, 0.15) is 31.7 Å². The van der Waals surface area contributed by atoms with E-state index in [0.29, 0.717) is 12.2 Å². The van der Waals surface area contributed by atoms with Crippen LogP contribution in [0.25, 0.3) is 0 Å². The summed E-state index contributed by atoms with van der Waals surface area (Å²) >= 11 is 0. The maximum absolute atomic E-state index is 12.5. The number of rotatable bonds is 4. The van der Waals surface area contributed by atoms with Gasteiger partial charge in [-0.15, -0.1) is 0 Å². The van der Waals surface area contributed by atoms with Crippen molar-refractivity contribution in [3.8, 4) is 0 Å². The van der Waals surface area contributed by atoms with Crippen molar-refractivity contribution in [2.45, 2.75) is 38.4 Å². The average molecular weight is 300 g/mol. The molecule has 1 aromatic carbocycles. The van der Waals surface area contributed by atoms with Gasteiger partial charge in [-0.05, 0) is 50.1 Å². The Balaban J connectivity index is 2.11. The van der Waals surface area contributed by atoms with E-state index in [1.165, 1.54) is 12.1 Å². The molecule has 0 aromatic heterocycles. The fourth-order valence-corrected chi connectivity index (χ4v) is 2.47. The number of carbonyl (C=O) groups excluding carboxylic acids is 1. The fraction of sp³-hybridized carbons (Fsp3) is 0.533. The molecule has 0 aliphatic carbocycles. The molecule has 21 heavy (non-hydrogen) atoms. The number of anilines is 1. The number of alkyl halides is 3. The van der Waals surface area contributed by atoms with Crippen LogP contribution < -0.4 is 10.2 Å². The number of piperidine rings is 1. The third-order valence-electron chi connectivity index (χ3n) is 3.59. The van der Waals surface area contributed by atoms with Crippen molar-refractivity contribution in [1.82, 2.24) is 5.32 Å². The van der Waals surface area contributed by atoms with Gasteiger partial charge in [-0.2, -0.15) is 13.2 Å². The Morgan fingerprint density at radius 3 is 2.52 bits per heavy atom. The molecule has 3 nitrogen and oxygen atoms in total. The van der Waals surface area contributed by atoms with Crippen LogP contribution in [0.3, 0.4) is 0 Å². The van der Waals surface area contributed by atoms with Gasteiger partial charge in [-0.1, -0.05) is 6.92 Å². The molecular weight excluding hydrogens is 281 g/mol. The van der Waals surface area contributed by atoms with Gasteiger partial charge >= 0.3 is 6.18 Å². The molecule has 1 aliphatic heterocycles. The first-order valence-electron chi connectivity index (χ1n) is 7.15. The Morgan fingerprint density at radius 2 is 1.95 bits per heavy atom. The number of hydrogen-bond donors (Lipinski definition) is 1. The Bertz CT molecular complexity index is 485. The number of benzene rings is 1. The molecule has 1 aromatic rings. The lowest BCUT2D eigenvalue weighted by atomic mass is 10.0. The van der Waals surface area contributed by atoms with Crippen LogP contribution in [0.5, 0.6) is 0 Å². The molecule has 6 heteroatoms. The minimum atomic E-state index is -4.35. The van der Waals surface area contributed by atoms with E-state index < -0.39 is 11.7 Å². The van der Waals surface area contributed by atoms with Gasteiger partial charge in [0.25, 0.3) is 0 Å². The zero-order valence-electron chi connectivity index (χ0n) is 11.9. The van der Waals surface area contributed by atoms with Gasteiger partial charge in [0.05, 0.1) is 11.6 Å². The smallest absolute Gasteiger partial charge is 0.311 e. The predicted molar refractivity (Wildman–Crippen MR) is 75.1 cm³/mol. The minimum absolute atomic E-state index is 0.0607. The predicted octanol–water partition coefficient (Wildman–Crippen LogP) is 3.20. The zero-order valence-corrected chi connectivity index (χ0v) is 11.9. The van der Waals surface area contributed by atoms with Crippen LogP contribution in [-0.4, -0.2) is 25.0 Å². The van der Waals surface area contributed by atoms with Crippen LogP contribution in [0.2, 0.25) is 0 Å². The van der Waals surface area contributed by atoms with E-state index in [4.69, 9.17) is 0 Å². The van der Waals surface area contributed by atoms with Crippen LogP contribution in [0.15, 0.2) is 24.3 Å².